The zero-order valence-electron chi connectivity index (χ0n) is 11.1. The number of rotatable bonds is 4. The first kappa shape index (κ1) is 15.4. The summed E-state index contributed by atoms with van der Waals surface area (Å²) in [4.78, 5) is 35.9. The van der Waals surface area contributed by atoms with Crippen LogP contribution in [0, 0.1) is 11.8 Å². The van der Waals surface area contributed by atoms with Crippen LogP contribution in [0.2, 0.25) is 0 Å². The molecule has 7 heteroatoms. The van der Waals surface area contributed by atoms with E-state index in [9.17, 15) is 14.4 Å². The molecule has 108 valence electrons. The Morgan fingerprint density at radius 1 is 1.21 bits per heavy atom. The van der Waals surface area contributed by atoms with Gasteiger partial charge in [0.2, 0.25) is 5.91 Å². The molecule has 3 unspecified atom stereocenters. The second kappa shape index (κ2) is 6.51. The molecule has 0 bridgehead atoms. The second-order valence-electron chi connectivity index (χ2n) is 4.94. The maximum Gasteiger partial charge on any atom is 0.307 e. The van der Waals surface area contributed by atoms with E-state index in [1.54, 1.807) is 0 Å². The van der Waals surface area contributed by atoms with E-state index in [2.05, 4.69) is 0 Å². The van der Waals surface area contributed by atoms with E-state index >= 15 is 0 Å². The van der Waals surface area contributed by atoms with Gasteiger partial charge in [-0.1, -0.05) is 12.8 Å². The topological polar surface area (TPSA) is 107 Å². The minimum absolute atomic E-state index is 0.358. The normalized spacial score (nSPS) is 24.4. The number of hydrogen-bond donors (Lipinski definition) is 3. The van der Waals surface area contributed by atoms with Crippen molar-refractivity contribution in [2.24, 2.45) is 11.8 Å². The van der Waals surface area contributed by atoms with Gasteiger partial charge in [0.05, 0.1) is 11.8 Å². The van der Waals surface area contributed by atoms with Gasteiger partial charge in [-0.05, 0) is 19.8 Å². The molecule has 1 rings (SSSR count). The first-order chi connectivity index (χ1) is 8.90. The third-order valence-corrected chi connectivity index (χ3v) is 3.82. The van der Waals surface area contributed by atoms with Gasteiger partial charge >= 0.3 is 5.97 Å². The maximum atomic E-state index is 12.3. The molecule has 0 heterocycles. The van der Waals surface area contributed by atoms with Crippen molar-refractivity contribution in [3.05, 3.63) is 0 Å². The number of carbonyl (C=O) groups is 3. The van der Waals surface area contributed by atoms with E-state index < -0.39 is 29.8 Å². The molecule has 3 N–H and O–H groups in total. The number of carboxylic acid groups (broad SMARTS) is 1. The fourth-order valence-electron chi connectivity index (χ4n) is 2.44. The molecule has 0 aromatic carbocycles. The minimum Gasteiger partial charge on any atom is -0.481 e. The number of nitrogens with zero attached hydrogens (tertiary/aromatic N) is 1. The average Bonchev–Trinajstić information content (AvgIpc) is 2.43. The highest BCUT2D eigenvalue weighted by Crippen LogP contribution is 2.31. The van der Waals surface area contributed by atoms with Crippen LogP contribution in [0.25, 0.3) is 0 Å². The summed E-state index contributed by atoms with van der Waals surface area (Å²) in [5, 5.41) is 17.7. The molecular weight excluding hydrogens is 252 g/mol. The first-order valence-corrected chi connectivity index (χ1v) is 6.33. The third kappa shape index (κ3) is 3.44. The second-order valence-corrected chi connectivity index (χ2v) is 4.94. The number of carbonyl (C=O) groups excluding carboxylic acids is 2. The number of nitrogens with one attached hydrogen (secondary N) is 1. The molecule has 2 amide bonds. The summed E-state index contributed by atoms with van der Waals surface area (Å²) in [5.74, 6) is -3.30. The Bertz CT molecular complexity index is 371. The molecule has 1 aliphatic carbocycles. The van der Waals surface area contributed by atoms with Crippen LogP contribution in [0.4, 0.5) is 0 Å². The smallest absolute Gasteiger partial charge is 0.307 e. The van der Waals surface area contributed by atoms with Crippen LogP contribution in [0.5, 0.6) is 0 Å². The molecule has 19 heavy (non-hydrogen) atoms. The molecule has 1 aliphatic rings. The molecular formula is C12H20N2O5. The highest BCUT2D eigenvalue weighted by molar-refractivity contribution is 5.89. The predicted octanol–water partition coefficient (Wildman–Crippen LogP) is 0.230. The first-order valence-electron chi connectivity index (χ1n) is 6.33. The zero-order valence-corrected chi connectivity index (χ0v) is 11.1. The Labute approximate surface area is 111 Å². The van der Waals surface area contributed by atoms with E-state index in [4.69, 9.17) is 10.3 Å². The molecule has 0 aromatic heterocycles. The number of likely N-dealkylation sites (N-methyl/N-ethyl adjacent to an activating group) is 1. The van der Waals surface area contributed by atoms with Gasteiger partial charge in [0.25, 0.3) is 5.91 Å². The van der Waals surface area contributed by atoms with Crippen molar-refractivity contribution in [3.8, 4) is 0 Å². The molecule has 7 nitrogen and oxygen atoms in total. The van der Waals surface area contributed by atoms with Gasteiger partial charge < -0.3 is 10.0 Å². The molecule has 0 aliphatic heterocycles. The van der Waals surface area contributed by atoms with Crippen molar-refractivity contribution in [1.29, 1.82) is 0 Å². The summed E-state index contributed by atoms with van der Waals surface area (Å²) in [6.07, 6.45) is 2.62. The van der Waals surface area contributed by atoms with Crippen LogP contribution in [0.15, 0.2) is 0 Å². The number of hydroxylamine groups is 1. The Kier molecular flexibility index (Phi) is 5.29. The largest absolute Gasteiger partial charge is 0.481 e. The molecule has 3 atom stereocenters. The van der Waals surface area contributed by atoms with Crippen molar-refractivity contribution in [2.75, 3.05) is 7.05 Å². The lowest BCUT2D eigenvalue weighted by molar-refractivity contribution is -0.154. The van der Waals surface area contributed by atoms with Crippen LogP contribution in [-0.4, -0.2) is 46.1 Å². The van der Waals surface area contributed by atoms with Crippen LogP contribution < -0.4 is 5.48 Å². The lowest BCUT2D eigenvalue weighted by Crippen LogP contribution is -2.49. The van der Waals surface area contributed by atoms with Crippen LogP contribution in [-0.2, 0) is 14.4 Å². The molecule has 0 radical (unpaired) electrons. The summed E-state index contributed by atoms with van der Waals surface area (Å²) < 4.78 is 0. The quantitative estimate of drug-likeness (QED) is 0.501. The lowest BCUT2D eigenvalue weighted by Gasteiger charge is -2.33. The summed E-state index contributed by atoms with van der Waals surface area (Å²) in [6.45, 7) is 1.47. The van der Waals surface area contributed by atoms with Crippen LogP contribution in [0.3, 0.4) is 0 Å². The average molecular weight is 272 g/mol. The predicted molar refractivity (Wildman–Crippen MR) is 65.2 cm³/mol. The number of aliphatic carboxylic acids is 1. The molecule has 1 saturated carbocycles. The number of hydrogen-bond acceptors (Lipinski definition) is 4. The zero-order chi connectivity index (χ0) is 14.6. The monoisotopic (exact) mass is 272 g/mol. The summed E-state index contributed by atoms with van der Waals surface area (Å²) in [7, 11) is 1.44. The molecule has 0 spiro atoms. The van der Waals surface area contributed by atoms with Gasteiger partial charge in [0.15, 0.2) is 0 Å². The van der Waals surface area contributed by atoms with Crippen molar-refractivity contribution < 1.29 is 24.7 Å². The van der Waals surface area contributed by atoms with Crippen molar-refractivity contribution in [2.45, 2.75) is 38.6 Å². The highest BCUT2D eigenvalue weighted by Gasteiger charge is 2.38. The van der Waals surface area contributed by atoms with Crippen molar-refractivity contribution in [1.82, 2.24) is 10.4 Å². The van der Waals surface area contributed by atoms with E-state index in [-0.39, 0.29) is 5.91 Å². The van der Waals surface area contributed by atoms with E-state index in [0.717, 1.165) is 12.8 Å². The lowest BCUT2D eigenvalue weighted by atomic mass is 9.78. The number of amides is 2. The third-order valence-electron chi connectivity index (χ3n) is 3.82. The van der Waals surface area contributed by atoms with Crippen LogP contribution >= 0.6 is 0 Å². The van der Waals surface area contributed by atoms with E-state index in [1.165, 1.54) is 24.4 Å². The number of carboxylic acids is 1. The molecule has 1 fully saturated rings. The van der Waals surface area contributed by atoms with Gasteiger partial charge in [-0.15, -0.1) is 0 Å². The summed E-state index contributed by atoms with van der Waals surface area (Å²) >= 11 is 0. The van der Waals surface area contributed by atoms with Gasteiger partial charge in [0.1, 0.15) is 6.04 Å². The Morgan fingerprint density at radius 2 is 1.74 bits per heavy atom. The van der Waals surface area contributed by atoms with Crippen molar-refractivity contribution >= 4 is 17.8 Å². The SMILES string of the molecule is CC(C(=O)NO)N(C)C(=O)C1CCCCC1C(=O)O. The van der Waals surface area contributed by atoms with Crippen LogP contribution in [0.1, 0.15) is 32.6 Å². The van der Waals surface area contributed by atoms with Crippen molar-refractivity contribution in [3.63, 3.8) is 0 Å². The Morgan fingerprint density at radius 3 is 2.21 bits per heavy atom. The fraction of sp³-hybridized carbons (Fsp3) is 0.750. The van der Waals surface area contributed by atoms with Gasteiger partial charge in [-0.2, -0.15) is 0 Å². The maximum absolute atomic E-state index is 12.3. The fourth-order valence-corrected chi connectivity index (χ4v) is 2.44. The highest BCUT2D eigenvalue weighted by atomic mass is 16.5. The minimum atomic E-state index is -0.967. The van der Waals surface area contributed by atoms with Gasteiger partial charge in [-0.25, -0.2) is 5.48 Å². The van der Waals surface area contributed by atoms with E-state index in [0.29, 0.717) is 12.8 Å². The summed E-state index contributed by atoms with van der Waals surface area (Å²) in [5.41, 5.74) is 1.49. The molecule has 0 aromatic rings. The van der Waals surface area contributed by atoms with Gasteiger partial charge in [-0.3, -0.25) is 19.6 Å². The van der Waals surface area contributed by atoms with Gasteiger partial charge in [0, 0.05) is 7.05 Å². The molecule has 0 saturated heterocycles. The Balaban J connectivity index is 2.79. The summed E-state index contributed by atoms with van der Waals surface area (Å²) in [6, 6.07) is -0.839. The standard InChI is InChI=1S/C12H20N2O5/c1-7(10(15)13-19)14(2)11(16)8-5-3-4-6-9(8)12(17)18/h7-9,19H,3-6H2,1-2H3,(H,13,15)(H,17,18). The Hall–Kier alpha value is -1.63. The van der Waals surface area contributed by atoms with E-state index in [1.807, 2.05) is 0 Å².